The van der Waals surface area contributed by atoms with Crippen LogP contribution in [-0.4, -0.2) is 68.2 Å². The van der Waals surface area contributed by atoms with Gasteiger partial charge in [0.15, 0.2) is 5.65 Å². The molecule has 1 saturated heterocycles. The number of piperazine rings is 1. The summed E-state index contributed by atoms with van der Waals surface area (Å²) >= 11 is 0. The number of aliphatic carboxylic acids is 1. The smallest absolute Gasteiger partial charge is 0.315 e. The average molecular weight is 512 g/mol. The van der Waals surface area contributed by atoms with Crippen molar-refractivity contribution in [3.8, 4) is 0 Å². The number of hydrogen-bond donors (Lipinski definition) is 1. The van der Waals surface area contributed by atoms with Crippen molar-refractivity contribution in [2.24, 2.45) is 0 Å². The van der Waals surface area contributed by atoms with Gasteiger partial charge in [-0.3, -0.25) is 9.69 Å². The van der Waals surface area contributed by atoms with Crippen molar-refractivity contribution in [3.05, 3.63) is 102 Å². The van der Waals surface area contributed by atoms with E-state index in [9.17, 15) is 9.90 Å². The van der Waals surface area contributed by atoms with Gasteiger partial charge >= 0.3 is 5.97 Å². The lowest BCUT2D eigenvalue weighted by Gasteiger charge is -2.39. The lowest BCUT2D eigenvalue weighted by atomic mass is 9.90. The maximum Gasteiger partial charge on any atom is 0.315 e. The van der Waals surface area contributed by atoms with Crippen molar-refractivity contribution >= 4 is 11.6 Å². The second-order valence-corrected chi connectivity index (χ2v) is 10.7. The number of aromatic nitrogens is 3. The number of carbonyl (C=O) groups is 1. The fraction of sp³-hybridized carbons (Fsp3) is 0.387. The molecular weight excluding hydrogens is 474 g/mol. The number of aryl methyl sites for hydroxylation is 1. The molecule has 0 radical (unpaired) electrons. The second kappa shape index (κ2) is 11.5. The maximum absolute atomic E-state index is 11.6. The summed E-state index contributed by atoms with van der Waals surface area (Å²) in [5, 5.41) is 14.2. The zero-order valence-corrected chi connectivity index (χ0v) is 22.3. The molecule has 0 spiro atoms. The Morgan fingerprint density at radius 1 is 0.895 bits per heavy atom. The van der Waals surface area contributed by atoms with Crippen LogP contribution in [0.2, 0.25) is 0 Å². The van der Waals surface area contributed by atoms with Crippen LogP contribution in [0.25, 0.3) is 5.65 Å². The topological polar surface area (TPSA) is 74.0 Å². The number of carboxylic acid groups (broad SMARTS) is 1. The summed E-state index contributed by atoms with van der Waals surface area (Å²) in [5.74, 6) is -0.891. The van der Waals surface area contributed by atoms with E-state index in [4.69, 9.17) is 0 Å². The third kappa shape index (κ3) is 5.79. The van der Waals surface area contributed by atoms with Crippen LogP contribution < -0.4 is 0 Å². The largest absolute Gasteiger partial charge is 0.481 e. The lowest BCUT2D eigenvalue weighted by molar-refractivity contribution is -0.142. The van der Waals surface area contributed by atoms with Crippen molar-refractivity contribution in [2.75, 3.05) is 32.7 Å². The minimum atomic E-state index is -1.04. The van der Waals surface area contributed by atoms with Crippen LogP contribution in [0.5, 0.6) is 0 Å². The third-order valence-electron chi connectivity index (χ3n) is 7.71. The summed E-state index contributed by atoms with van der Waals surface area (Å²) in [5.41, 5.74) is 3.88. The van der Waals surface area contributed by atoms with Crippen molar-refractivity contribution in [1.82, 2.24) is 24.4 Å². The molecule has 2 aromatic heterocycles. The Bertz CT molecular complexity index is 1310. The summed E-state index contributed by atoms with van der Waals surface area (Å²) < 4.78 is 1.71. The maximum atomic E-state index is 11.6. The van der Waals surface area contributed by atoms with E-state index < -0.39 is 11.4 Å². The number of fused-ring (bicyclic) bond motifs is 1. The second-order valence-electron chi connectivity index (χ2n) is 10.7. The molecule has 7 heteroatoms. The van der Waals surface area contributed by atoms with Gasteiger partial charge in [0.1, 0.15) is 5.41 Å². The molecule has 0 aliphatic carbocycles. The number of benzene rings is 2. The van der Waals surface area contributed by atoms with E-state index in [2.05, 4.69) is 80.5 Å². The third-order valence-corrected chi connectivity index (χ3v) is 7.71. The first kappa shape index (κ1) is 26.1. The van der Waals surface area contributed by atoms with Gasteiger partial charge < -0.3 is 10.0 Å². The van der Waals surface area contributed by atoms with Crippen LogP contribution in [0.1, 0.15) is 55.2 Å². The molecule has 4 aromatic rings. The number of carboxylic acids is 1. The summed E-state index contributed by atoms with van der Waals surface area (Å²) in [6, 6.07) is 25.9. The summed E-state index contributed by atoms with van der Waals surface area (Å²) in [4.78, 5) is 21.2. The van der Waals surface area contributed by atoms with Gasteiger partial charge in [0, 0.05) is 26.2 Å². The summed E-state index contributed by atoms with van der Waals surface area (Å²) in [7, 11) is 0. The van der Waals surface area contributed by atoms with Gasteiger partial charge in [0.2, 0.25) is 0 Å². The molecule has 7 nitrogen and oxygen atoms in total. The molecular formula is C31H37N5O2. The molecule has 0 amide bonds. The standard InChI is InChI=1S/C31H37N5O2/c1-31(2,30(37)38)27-23-36-28(32-27)17-16-26(33-36)15-9-10-18-34-19-21-35(22-20-34)29(24-11-5-3-6-12-24)25-13-7-4-8-14-25/h3-8,11-14,16-17,23,29H,9-10,15,18-22H2,1-2H3,(H,37,38). The Labute approximate surface area is 224 Å². The first-order chi connectivity index (χ1) is 18.4. The number of imidazole rings is 1. The van der Waals surface area contributed by atoms with Gasteiger partial charge in [0.25, 0.3) is 0 Å². The molecule has 1 fully saturated rings. The van der Waals surface area contributed by atoms with Crippen LogP contribution in [-0.2, 0) is 16.6 Å². The first-order valence-electron chi connectivity index (χ1n) is 13.6. The minimum Gasteiger partial charge on any atom is -0.481 e. The highest BCUT2D eigenvalue weighted by Gasteiger charge is 2.32. The highest BCUT2D eigenvalue weighted by atomic mass is 16.4. The number of unbranched alkanes of at least 4 members (excludes halogenated alkanes) is 1. The lowest BCUT2D eigenvalue weighted by Crippen LogP contribution is -2.48. The fourth-order valence-corrected chi connectivity index (χ4v) is 5.24. The SMILES string of the molecule is CC(C)(C(=O)O)c1cn2nc(CCCCN3CCN(C(c4ccccc4)c4ccccc4)CC3)ccc2n1. The van der Waals surface area contributed by atoms with E-state index in [0.717, 1.165) is 57.7 Å². The Balaban J connectivity index is 1.12. The molecule has 5 rings (SSSR count). The number of hydrogen-bond acceptors (Lipinski definition) is 5. The van der Waals surface area contributed by atoms with Gasteiger partial charge in [-0.1, -0.05) is 60.7 Å². The minimum absolute atomic E-state index is 0.297. The van der Waals surface area contributed by atoms with Crippen molar-refractivity contribution in [1.29, 1.82) is 0 Å². The predicted octanol–water partition coefficient (Wildman–Crippen LogP) is 4.82. The molecule has 0 unspecified atom stereocenters. The summed E-state index contributed by atoms with van der Waals surface area (Å²) in [6.07, 6.45) is 4.83. The Morgan fingerprint density at radius 3 is 2.13 bits per heavy atom. The molecule has 1 N–H and O–H groups in total. The van der Waals surface area contributed by atoms with E-state index in [1.807, 2.05) is 12.1 Å². The van der Waals surface area contributed by atoms with E-state index >= 15 is 0 Å². The van der Waals surface area contributed by atoms with Gasteiger partial charge in [-0.05, 0) is 62.9 Å². The van der Waals surface area contributed by atoms with Crippen molar-refractivity contribution in [3.63, 3.8) is 0 Å². The molecule has 198 valence electrons. The quantitative estimate of drug-likeness (QED) is 0.308. The Kier molecular flexibility index (Phi) is 7.86. The molecule has 38 heavy (non-hydrogen) atoms. The molecule has 0 bridgehead atoms. The summed E-state index contributed by atoms with van der Waals surface area (Å²) in [6.45, 7) is 8.71. The molecule has 1 aliphatic rings. The average Bonchev–Trinajstić information content (AvgIpc) is 3.38. The monoisotopic (exact) mass is 511 g/mol. The highest BCUT2D eigenvalue weighted by Crippen LogP contribution is 2.29. The fourth-order valence-electron chi connectivity index (χ4n) is 5.24. The van der Waals surface area contributed by atoms with Gasteiger partial charge in [0.05, 0.1) is 23.6 Å². The molecule has 0 atom stereocenters. The van der Waals surface area contributed by atoms with Crippen LogP contribution in [0.4, 0.5) is 0 Å². The van der Waals surface area contributed by atoms with Crippen LogP contribution in [0.3, 0.4) is 0 Å². The Morgan fingerprint density at radius 2 is 1.53 bits per heavy atom. The van der Waals surface area contributed by atoms with Crippen LogP contribution in [0, 0.1) is 0 Å². The van der Waals surface area contributed by atoms with Crippen LogP contribution in [0.15, 0.2) is 79.0 Å². The van der Waals surface area contributed by atoms with Crippen molar-refractivity contribution < 1.29 is 9.90 Å². The predicted molar refractivity (Wildman–Crippen MR) is 149 cm³/mol. The highest BCUT2D eigenvalue weighted by molar-refractivity contribution is 5.79. The van der Waals surface area contributed by atoms with Gasteiger partial charge in [-0.25, -0.2) is 9.50 Å². The van der Waals surface area contributed by atoms with E-state index in [0.29, 0.717) is 17.4 Å². The number of nitrogens with zero attached hydrogens (tertiary/aromatic N) is 5. The zero-order chi connectivity index (χ0) is 26.5. The molecule has 1 aliphatic heterocycles. The van der Waals surface area contributed by atoms with Gasteiger partial charge in [-0.15, -0.1) is 0 Å². The molecule has 2 aromatic carbocycles. The van der Waals surface area contributed by atoms with E-state index in [1.165, 1.54) is 11.1 Å². The molecule has 3 heterocycles. The normalized spacial score (nSPS) is 15.3. The first-order valence-corrected chi connectivity index (χ1v) is 13.6. The number of rotatable bonds is 10. The van der Waals surface area contributed by atoms with E-state index in [-0.39, 0.29) is 0 Å². The molecule has 0 saturated carbocycles. The van der Waals surface area contributed by atoms with Crippen LogP contribution >= 0.6 is 0 Å². The zero-order valence-electron chi connectivity index (χ0n) is 22.3. The van der Waals surface area contributed by atoms with Gasteiger partial charge in [-0.2, -0.15) is 5.10 Å². The van der Waals surface area contributed by atoms with E-state index in [1.54, 1.807) is 24.6 Å². The Hall–Kier alpha value is -3.55. The van der Waals surface area contributed by atoms with Crippen molar-refractivity contribution in [2.45, 2.75) is 44.6 Å².